The average Bonchev–Trinajstić information content (AvgIpc) is 2.81. The minimum Gasteiger partial charge on any atom is -0.478 e. The summed E-state index contributed by atoms with van der Waals surface area (Å²) in [7, 11) is 1.91. The maximum atomic E-state index is 10.8. The van der Waals surface area contributed by atoms with Crippen LogP contribution in [0.15, 0.2) is 30.6 Å². The van der Waals surface area contributed by atoms with Gasteiger partial charge in [0.25, 0.3) is 0 Å². The summed E-state index contributed by atoms with van der Waals surface area (Å²) < 4.78 is 1.88. The molecule has 6 heteroatoms. The second-order valence-corrected chi connectivity index (χ2v) is 4.29. The van der Waals surface area contributed by atoms with Gasteiger partial charge < -0.3 is 15.0 Å². The molecule has 2 rings (SSSR count). The van der Waals surface area contributed by atoms with Gasteiger partial charge in [0.2, 0.25) is 0 Å². The van der Waals surface area contributed by atoms with E-state index in [9.17, 15) is 4.79 Å². The van der Waals surface area contributed by atoms with Gasteiger partial charge in [-0.2, -0.15) is 0 Å². The quantitative estimate of drug-likeness (QED) is 0.752. The highest BCUT2D eigenvalue weighted by Crippen LogP contribution is 2.05. The Hall–Kier alpha value is -2.21. The monoisotopic (exact) mass is 260 g/mol. The minimum atomic E-state index is -0.902. The Labute approximate surface area is 111 Å². The summed E-state index contributed by atoms with van der Waals surface area (Å²) in [5.74, 6) is 0.0210. The molecule has 0 spiro atoms. The fourth-order valence-corrected chi connectivity index (χ4v) is 1.78. The molecule has 0 amide bonds. The molecule has 19 heavy (non-hydrogen) atoms. The summed E-state index contributed by atoms with van der Waals surface area (Å²) in [5.41, 5.74) is 1.27. The zero-order chi connectivity index (χ0) is 13.7. The number of aromatic carboxylic acids is 1. The number of carboxylic acid groups (broad SMARTS) is 1. The lowest BCUT2D eigenvalue weighted by Crippen LogP contribution is -2.18. The molecule has 0 saturated carbocycles. The minimum absolute atomic E-state index is 0.313. The molecule has 0 aliphatic carbocycles. The van der Waals surface area contributed by atoms with Crippen LogP contribution >= 0.6 is 0 Å². The molecular formula is C13H16N4O2. The number of rotatable bonds is 6. The van der Waals surface area contributed by atoms with Crippen LogP contribution in [0.4, 0.5) is 0 Å². The number of nitrogens with one attached hydrogen (secondary N) is 1. The molecule has 1 heterocycles. The van der Waals surface area contributed by atoms with E-state index in [-0.39, 0.29) is 0 Å². The Balaban J connectivity index is 1.81. The van der Waals surface area contributed by atoms with Crippen molar-refractivity contribution in [2.24, 2.45) is 7.05 Å². The van der Waals surface area contributed by atoms with E-state index in [1.165, 1.54) is 0 Å². The van der Waals surface area contributed by atoms with E-state index in [1.54, 1.807) is 24.5 Å². The van der Waals surface area contributed by atoms with Crippen LogP contribution < -0.4 is 5.32 Å². The summed E-state index contributed by atoms with van der Waals surface area (Å²) in [6.45, 7) is 1.41. The van der Waals surface area contributed by atoms with Crippen LogP contribution in [0.2, 0.25) is 0 Å². The molecule has 100 valence electrons. The van der Waals surface area contributed by atoms with Crippen molar-refractivity contribution in [1.29, 1.82) is 0 Å². The van der Waals surface area contributed by atoms with E-state index in [4.69, 9.17) is 5.11 Å². The Bertz CT molecular complexity index is 565. The summed E-state index contributed by atoms with van der Waals surface area (Å²) in [6, 6.07) is 6.92. The third-order valence-electron chi connectivity index (χ3n) is 2.83. The van der Waals surface area contributed by atoms with Gasteiger partial charge in [0, 0.05) is 26.6 Å². The number of hydrogen-bond acceptors (Lipinski definition) is 4. The van der Waals surface area contributed by atoms with Gasteiger partial charge in [-0.1, -0.05) is 12.1 Å². The van der Waals surface area contributed by atoms with Gasteiger partial charge in [-0.25, -0.2) is 4.79 Å². The maximum Gasteiger partial charge on any atom is 0.335 e. The predicted molar refractivity (Wildman–Crippen MR) is 69.8 cm³/mol. The van der Waals surface area contributed by atoms with Gasteiger partial charge in [-0.15, -0.1) is 10.2 Å². The Morgan fingerprint density at radius 1 is 1.47 bits per heavy atom. The third-order valence-corrected chi connectivity index (χ3v) is 2.83. The second kappa shape index (κ2) is 6.10. The van der Waals surface area contributed by atoms with Crippen LogP contribution in [0, 0.1) is 0 Å². The van der Waals surface area contributed by atoms with Crippen LogP contribution in [0.5, 0.6) is 0 Å². The zero-order valence-electron chi connectivity index (χ0n) is 10.7. The van der Waals surface area contributed by atoms with E-state index < -0.39 is 5.97 Å². The van der Waals surface area contributed by atoms with E-state index in [0.717, 1.165) is 24.4 Å². The van der Waals surface area contributed by atoms with E-state index in [0.29, 0.717) is 12.1 Å². The molecule has 1 aromatic heterocycles. The van der Waals surface area contributed by atoms with Crippen LogP contribution in [0.25, 0.3) is 0 Å². The molecule has 0 aliphatic heterocycles. The molecule has 0 unspecified atom stereocenters. The molecule has 1 aromatic carbocycles. The lowest BCUT2D eigenvalue weighted by atomic mass is 10.1. The van der Waals surface area contributed by atoms with Gasteiger partial charge in [0.1, 0.15) is 12.2 Å². The van der Waals surface area contributed by atoms with Gasteiger partial charge in [0.15, 0.2) is 0 Å². The van der Waals surface area contributed by atoms with Gasteiger partial charge >= 0.3 is 5.97 Å². The first-order valence-electron chi connectivity index (χ1n) is 6.02. The molecule has 0 fully saturated rings. The molecular weight excluding hydrogens is 244 g/mol. The first-order valence-corrected chi connectivity index (χ1v) is 6.02. The average molecular weight is 260 g/mol. The molecule has 6 nitrogen and oxygen atoms in total. The van der Waals surface area contributed by atoms with E-state index >= 15 is 0 Å². The number of benzene rings is 1. The number of nitrogens with zero attached hydrogens (tertiary/aromatic N) is 3. The highest BCUT2D eigenvalue weighted by molar-refractivity contribution is 5.87. The van der Waals surface area contributed by atoms with Crippen LogP contribution in [-0.2, 0) is 20.0 Å². The van der Waals surface area contributed by atoms with Gasteiger partial charge in [-0.3, -0.25) is 0 Å². The van der Waals surface area contributed by atoms with Crippen molar-refractivity contribution >= 4 is 5.97 Å². The lowest BCUT2D eigenvalue weighted by molar-refractivity contribution is 0.0696. The standard InChI is InChI=1S/C13H16N4O2/c1-17-9-15-16-12(17)5-6-14-8-10-3-2-4-11(7-10)13(18)19/h2-4,7,9,14H,5-6,8H2,1H3,(H,18,19). The molecule has 0 radical (unpaired) electrons. The van der Waals surface area contributed by atoms with Gasteiger partial charge in [0.05, 0.1) is 5.56 Å². The predicted octanol–water partition coefficient (Wildman–Crippen LogP) is 0.846. The van der Waals surface area contributed by atoms with E-state index in [1.807, 2.05) is 17.7 Å². The van der Waals surface area contributed by atoms with Crippen molar-refractivity contribution < 1.29 is 9.90 Å². The summed E-state index contributed by atoms with van der Waals surface area (Å²) in [6.07, 6.45) is 2.46. The third kappa shape index (κ3) is 3.62. The molecule has 2 N–H and O–H groups in total. The molecule has 0 atom stereocenters. The number of aromatic nitrogens is 3. The normalized spacial score (nSPS) is 10.6. The summed E-state index contributed by atoms with van der Waals surface area (Å²) >= 11 is 0. The highest BCUT2D eigenvalue weighted by atomic mass is 16.4. The largest absolute Gasteiger partial charge is 0.478 e. The van der Waals surface area contributed by atoms with Crippen LogP contribution in [0.1, 0.15) is 21.7 Å². The van der Waals surface area contributed by atoms with Crippen LogP contribution in [0.3, 0.4) is 0 Å². The lowest BCUT2D eigenvalue weighted by Gasteiger charge is -2.05. The SMILES string of the molecule is Cn1cnnc1CCNCc1cccc(C(=O)O)c1. The van der Waals surface area contributed by atoms with Gasteiger partial charge in [-0.05, 0) is 17.7 Å². The fraction of sp³-hybridized carbons (Fsp3) is 0.308. The summed E-state index contributed by atoms with van der Waals surface area (Å²) in [5, 5.41) is 20.0. The first kappa shape index (κ1) is 13.2. The zero-order valence-corrected chi connectivity index (χ0v) is 10.7. The number of carboxylic acids is 1. The van der Waals surface area contributed by atoms with Crippen molar-refractivity contribution in [3.63, 3.8) is 0 Å². The molecule has 0 saturated heterocycles. The topological polar surface area (TPSA) is 80.0 Å². The van der Waals surface area contributed by atoms with Crippen molar-refractivity contribution in [2.45, 2.75) is 13.0 Å². The Morgan fingerprint density at radius 2 is 2.32 bits per heavy atom. The molecule has 0 aliphatic rings. The number of hydrogen-bond donors (Lipinski definition) is 2. The second-order valence-electron chi connectivity index (χ2n) is 4.29. The number of carbonyl (C=O) groups is 1. The maximum absolute atomic E-state index is 10.8. The summed E-state index contributed by atoms with van der Waals surface area (Å²) in [4.78, 5) is 10.8. The Morgan fingerprint density at radius 3 is 3.00 bits per heavy atom. The Kier molecular flexibility index (Phi) is 4.25. The highest BCUT2D eigenvalue weighted by Gasteiger charge is 2.03. The van der Waals surface area contributed by atoms with Crippen molar-refractivity contribution in [2.75, 3.05) is 6.54 Å². The number of aryl methyl sites for hydroxylation is 1. The van der Waals surface area contributed by atoms with E-state index in [2.05, 4.69) is 15.5 Å². The van der Waals surface area contributed by atoms with Crippen molar-refractivity contribution in [3.05, 3.63) is 47.5 Å². The smallest absolute Gasteiger partial charge is 0.335 e. The first-order chi connectivity index (χ1) is 9.16. The van der Waals surface area contributed by atoms with Crippen molar-refractivity contribution in [1.82, 2.24) is 20.1 Å². The van der Waals surface area contributed by atoms with Crippen LogP contribution in [-0.4, -0.2) is 32.4 Å². The molecule has 0 bridgehead atoms. The molecule has 2 aromatic rings. The fourth-order valence-electron chi connectivity index (χ4n) is 1.78. The van der Waals surface area contributed by atoms with Crippen molar-refractivity contribution in [3.8, 4) is 0 Å².